The third kappa shape index (κ3) is 4.72. The van der Waals surface area contributed by atoms with Crippen molar-refractivity contribution in [1.29, 1.82) is 0 Å². The zero-order valence-electron chi connectivity index (χ0n) is 10.7. The molecule has 4 nitrogen and oxygen atoms in total. The molecule has 0 aliphatic heterocycles. The van der Waals surface area contributed by atoms with Crippen LogP contribution in [0.1, 0.15) is 12.5 Å². The van der Waals surface area contributed by atoms with E-state index in [1.807, 2.05) is 6.92 Å². The first-order valence-corrected chi connectivity index (χ1v) is 7.46. The molecule has 0 aliphatic carbocycles. The molecule has 0 bridgehead atoms. The monoisotopic (exact) mass is 274 g/mol. The predicted octanol–water partition coefficient (Wildman–Crippen LogP) is 1.20. The zero-order chi connectivity index (χ0) is 13.6. The Morgan fingerprint density at radius 1 is 1.39 bits per heavy atom. The maximum Gasteiger partial charge on any atom is 0.215 e. The van der Waals surface area contributed by atoms with Gasteiger partial charge in [0.1, 0.15) is 5.82 Å². The molecule has 0 heterocycles. The van der Waals surface area contributed by atoms with Crippen LogP contribution in [0, 0.1) is 5.82 Å². The summed E-state index contributed by atoms with van der Waals surface area (Å²) in [5.74, 6) is -0.307. The minimum Gasteiger partial charge on any atom is -0.316 e. The summed E-state index contributed by atoms with van der Waals surface area (Å²) in [6.07, 6.45) is 0. The molecule has 18 heavy (non-hydrogen) atoms. The quantitative estimate of drug-likeness (QED) is 0.760. The second-order valence-electron chi connectivity index (χ2n) is 4.06. The van der Waals surface area contributed by atoms with Crippen LogP contribution in [0.2, 0.25) is 0 Å². The first kappa shape index (κ1) is 15.1. The molecule has 1 N–H and O–H groups in total. The van der Waals surface area contributed by atoms with Crippen LogP contribution in [0.5, 0.6) is 0 Å². The lowest BCUT2D eigenvalue weighted by atomic mass is 10.2. The first-order valence-electron chi connectivity index (χ1n) is 5.85. The lowest BCUT2D eigenvalue weighted by Gasteiger charge is -2.17. The van der Waals surface area contributed by atoms with Crippen molar-refractivity contribution in [3.05, 3.63) is 35.6 Å². The number of nitrogens with one attached hydrogen (secondary N) is 1. The highest BCUT2D eigenvalue weighted by molar-refractivity contribution is 7.89. The van der Waals surface area contributed by atoms with Crippen molar-refractivity contribution in [2.24, 2.45) is 0 Å². The van der Waals surface area contributed by atoms with Gasteiger partial charge in [0.05, 0.1) is 5.75 Å². The topological polar surface area (TPSA) is 49.4 Å². The standard InChI is InChI=1S/C12H19FN2O2S/c1-3-14-7-8-18(16,17)15(2)10-11-5-4-6-12(13)9-11/h4-6,9,14H,3,7-8,10H2,1-2H3. The maximum atomic E-state index is 13.0. The fraction of sp³-hybridized carbons (Fsp3) is 0.500. The third-order valence-electron chi connectivity index (χ3n) is 2.56. The zero-order valence-corrected chi connectivity index (χ0v) is 11.5. The Morgan fingerprint density at radius 2 is 2.11 bits per heavy atom. The molecule has 1 aromatic rings. The average Bonchev–Trinajstić information content (AvgIpc) is 2.29. The van der Waals surface area contributed by atoms with Crippen molar-refractivity contribution in [3.63, 3.8) is 0 Å². The molecule has 0 aliphatic rings. The summed E-state index contributed by atoms with van der Waals surface area (Å²) < 4.78 is 38.0. The summed E-state index contributed by atoms with van der Waals surface area (Å²) in [5, 5.41) is 2.97. The van der Waals surface area contributed by atoms with Crippen molar-refractivity contribution < 1.29 is 12.8 Å². The van der Waals surface area contributed by atoms with Gasteiger partial charge in [-0.2, -0.15) is 0 Å². The van der Waals surface area contributed by atoms with Gasteiger partial charge in [0.2, 0.25) is 10.0 Å². The van der Waals surface area contributed by atoms with E-state index in [1.54, 1.807) is 12.1 Å². The highest BCUT2D eigenvalue weighted by Gasteiger charge is 2.17. The Hall–Kier alpha value is -0.980. The van der Waals surface area contributed by atoms with Crippen LogP contribution in [0.3, 0.4) is 0 Å². The molecule has 1 aromatic carbocycles. The lowest BCUT2D eigenvalue weighted by molar-refractivity contribution is 0.464. The Kier molecular flexibility index (Phi) is 5.71. The molecule has 6 heteroatoms. The van der Waals surface area contributed by atoms with Gasteiger partial charge in [-0.05, 0) is 24.2 Å². The Bertz CT molecular complexity index is 477. The summed E-state index contributed by atoms with van der Waals surface area (Å²) in [6.45, 7) is 3.27. The van der Waals surface area contributed by atoms with Crippen molar-refractivity contribution in [2.45, 2.75) is 13.5 Å². The van der Waals surface area contributed by atoms with E-state index in [0.29, 0.717) is 12.1 Å². The van der Waals surface area contributed by atoms with E-state index >= 15 is 0 Å². The highest BCUT2D eigenvalue weighted by atomic mass is 32.2. The second kappa shape index (κ2) is 6.82. The van der Waals surface area contributed by atoms with Gasteiger partial charge in [0, 0.05) is 20.1 Å². The Morgan fingerprint density at radius 3 is 2.72 bits per heavy atom. The fourth-order valence-corrected chi connectivity index (χ4v) is 2.58. The van der Waals surface area contributed by atoms with Gasteiger partial charge in [-0.25, -0.2) is 17.1 Å². The Labute approximate surface area is 108 Å². The molecule has 0 saturated carbocycles. The van der Waals surface area contributed by atoms with E-state index in [9.17, 15) is 12.8 Å². The number of rotatable bonds is 7. The summed E-state index contributed by atoms with van der Waals surface area (Å²) in [5.41, 5.74) is 0.643. The third-order valence-corrected chi connectivity index (χ3v) is 4.35. The van der Waals surface area contributed by atoms with Crippen LogP contribution >= 0.6 is 0 Å². The van der Waals surface area contributed by atoms with E-state index in [2.05, 4.69) is 5.32 Å². The van der Waals surface area contributed by atoms with E-state index in [4.69, 9.17) is 0 Å². The number of benzene rings is 1. The normalized spacial score (nSPS) is 12.0. The minimum atomic E-state index is -3.30. The summed E-state index contributed by atoms with van der Waals surface area (Å²) in [6, 6.07) is 5.96. The predicted molar refractivity (Wildman–Crippen MR) is 70.2 cm³/mol. The molecule has 0 radical (unpaired) electrons. The molecule has 0 spiro atoms. The van der Waals surface area contributed by atoms with Crippen molar-refractivity contribution in [2.75, 3.05) is 25.9 Å². The number of nitrogens with zero attached hydrogens (tertiary/aromatic N) is 1. The average molecular weight is 274 g/mol. The second-order valence-corrected chi connectivity index (χ2v) is 6.25. The molecule has 102 valence electrons. The van der Waals surface area contributed by atoms with Gasteiger partial charge in [-0.1, -0.05) is 19.1 Å². The fourth-order valence-electron chi connectivity index (χ4n) is 1.52. The maximum absolute atomic E-state index is 13.0. The van der Waals surface area contributed by atoms with Crippen molar-refractivity contribution in [1.82, 2.24) is 9.62 Å². The van der Waals surface area contributed by atoms with Crippen molar-refractivity contribution in [3.8, 4) is 0 Å². The first-order chi connectivity index (χ1) is 8.45. The van der Waals surface area contributed by atoms with Crippen LogP contribution in [0.25, 0.3) is 0 Å². The molecule has 0 unspecified atom stereocenters. The van der Waals surface area contributed by atoms with E-state index in [-0.39, 0.29) is 18.1 Å². The molecule has 0 fully saturated rings. The number of sulfonamides is 1. The molecule has 0 amide bonds. The lowest BCUT2D eigenvalue weighted by Crippen LogP contribution is -2.33. The minimum absolute atomic E-state index is 0.0483. The molecular weight excluding hydrogens is 255 g/mol. The van der Waals surface area contributed by atoms with Gasteiger partial charge in [-0.15, -0.1) is 0 Å². The largest absolute Gasteiger partial charge is 0.316 e. The smallest absolute Gasteiger partial charge is 0.215 e. The molecule has 0 saturated heterocycles. The van der Waals surface area contributed by atoms with Crippen LogP contribution in [0.15, 0.2) is 24.3 Å². The van der Waals surface area contributed by atoms with Gasteiger partial charge in [0.25, 0.3) is 0 Å². The number of halogens is 1. The van der Waals surface area contributed by atoms with E-state index in [1.165, 1.54) is 23.5 Å². The van der Waals surface area contributed by atoms with Gasteiger partial charge in [0.15, 0.2) is 0 Å². The molecule has 0 atom stereocenters. The van der Waals surface area contributed by atoms with Crippen molar-refractivity contribution >= 4 is 10.0 Å². The van der Waals surface area contributed by atoms with Gasteiger partial charge in [-0.3, -0.25) is 0 Å². The number of hydrogen-bond donors (Lipinski definition) is 1. The van der Waals surface area contributed by atoms with Crippen LogP contribution < -0.4 is 5.32 Å². The summed E-state index contributed by atoms with van der Waals surface area (Å²) >= 11 is 0. The van der Waals surface area contributed by atoms with E-state index < -0.39 is 10.0 Å². The molecule has 0 aromatic heterocycles. The summed E-state index contributed by atoms with van der Waals surface area (Å²) in [7, 11) is -1.79. The van der Waals surface area contributed by atoms with Crippen LogP contribution in [-0.2, 0) is 16.6 Å². The van der Waals surface area contributed by atoms with Crippen LogP contribution in [0.4, 0.5) is 4.39 Å². The summed E-state index contributed by atoms with van der Waals surface area (Å²) in [4.78, 5) is 0. The SMILES string of the molecule is CCNCCS(=O)(=O)N(C)Cc1cccc(F)c1. The van der Waals surface area contributed by atoms with Gasteiger partial charge < -0.3 is 5.32 Å². The molecular formula is C12H19FN2O2S. The number of hydrogen-bond acceptors (Lipinski definition) is 3. The molecule has 1 rings (SSSR count). The Balaban J connectivity index is 2.61. The van der Waals surface area contributed by atoms with Crippen LogP contribution in [-0.4, -0.2) is 38.6 Å². The van der Waals surface area contributed by atoms with E-state index in [0.717, 1.165) is 6.54 Å². The van der Waals surface area contributed by atoms with Gasteiger partial charge >= 0.3 is 0 Å². The highest BCUT2D eigenvalue weighted by Crippen LogP contribution is 2.09.